The van der Waals surface area contributed by atoms with Gasteiger partial charge in [-0.15, -0.1) is 0 Å². The highest BCUT2D eigenvalue weighted by atomic mass is 16.2. The van der Waals surface area contributed by atoms with Crippen LogP contribution in [0.4, 0.5) is 0 Å². The SMILES string of the molecule is CC(C)C[C@H]1CCN(C(=O)c2ccnc(C(C)C)n2)C1. The molecule has 1 fully saturated rings. The zero-order valence-electron chi connectivity index (χ0n) is 13.0. The molecule has 1 amide bonds. The van der Waals surface area contributed by atoms with Crippen molar-refractivity contribution in [3.8, 4) is 0 Å². The molecule has 0 radical (unpaired) electrons. The van der Waals surface area contributed by atoms with E-state index in [4.69, 9.17) is 0 Å². The van der Waals surface area contributed by atoms with Gasteiger partial charge in [0.1, 0.15) is 11.5 Å². The quantitative estimate of drug-likeness (QED) is 0.848. The minimum Gasteiger partial charge on any atom is -0.337 e. The summed E-state index contributed by atoms with van der Waals surface area (Å²) in [4.78, 5) is 23.1. The molecule has 0 aliphatic carbocycles. The summed E-state index contributed by atoms with van der Waals surface area (Å²) in [6.07, 6.45) is 4.01. The molecule has 0 spiro atoms. The number of rotatable bonds is 4. The van der Waals surface area contributed by atoms with Crippen molar-refractivity contribution in [2.45, 2.75) is 46.5 Å². The number of carbonyl (C=O) groups excluding carboxylic acids is 1. The summed E-state index contributed by atoms with van der Waals surface area (Å²) >= 11 is 0. The Morgan fingerprint density at radius 3 is 2.80 bits per heavy atom. The van der Waals surface area contributed by atoms with Gasteiger partial charge in [-0.1, -0.05) is 27.7 Å². The monoisotopic (exact) mass is 275 g/mol. The summed E-state index contributed by atoms with van der Waals surface area (Å²) in [5.41, 5.74) is 0.536. The molecule has 2 heterocycles. The van der Waals surface area contributed by atoms with Gasteiger partial charge >= 0.3 is 0 Å². The third-order valence-corrected chi connectivity index (χ3v) is 3.79. The Hall–Kier alpha value is -1.45. The van der Waals surface area contributed by atoms with Gasteiger partial charge in [-0.2, -0.15) is 0 Å². The fourth-order valence-electron chi connectivity index (χ4n) is 2.81. The highest BCUT2D eigenvalue weighted by Gasteiger charge is 2.28. The largest absolute Gasteiger partial charge is 0.337 e. The van der Waals surface area contributed by atoms with E-state index in [2.05, 4.69) is 23.8 Å². The van der Waals surface area contributed by atoms with Crippen LogP contribution in [0.25, 0.3) is 0 Å². The van der Waals surface area contributed by atoms with Crippen LogP contribution < -0.4 is 0 Å². The van der Waals surface area contributed by atoms with Gasteiger partial charge in [0.05, 0.1) is 0 Å². The number of aromatic nitrogens is 2. The molecule has 4 nitrogen and oxygen atoms in total. The second-order valence-electron chi connectivity index (χ2n) is 6.49. The van der Waals surface area contributed by atoms with Gasteiger partial charge in [0.25, 0.3) is 5.91 Å². The number of hydrogen-bond donors (Lipinski definition) is 0. The van der Waals surface area contributed by atoms with Gasteiger partial charge in [-0.25, -0.2) is 9.97 Å². The number of nitrogens with zero attached hydrogens (tertiary/aromatic N) is 3. The molecule has 2 rings (SSSR count). The standard InChI is InChI=1S/C16H25N3O/c1-11(2)9-13-6-8-19(10-13)16(20)14-5-7-17-15(18-14)12(3)4/h5,7,11-13H,6,8-10H2,1-4H3/t13-/m1/s1. The predicted molar refractivity (Wildman–Crippen MR) is 79.6 cm³/mol. The van der Waals surface area contributed by atoms with E-state index in [1.165, 1.54) is 6.42 Å². The maximum absolute atomic E-state index is 12.5. The Kier molecular flexibility index (Phi) is 4.73. The van der Waals surface area contributed by atoms with Crippen molar-refractivity contribution in [2.75, 3.05) is 13.1 Å². The maximum Gasteiger partial charge on any atom is 0.272 e. The Morgan fingerprint density at radius 1 is 1.40 bits per heavy atom. The summed E-state index contributed by atoms with van der Waals surface area (Å²) in [6, 6.07) is 1.73. The Labute approximate surface area is 121 Å². The second-order valence-corrected chi connectivity index (χ2v) is 6.49. The molecule has 1 aliphatic rings. The van der Waals surface area contributed by atoms with Crippen molar-refractivity contribution < 1.29 is 4.79 Å². The Morgan fingerprint density at radius 2 is 2.15 bits per heavy atom. The van der Waals surface area contributed by atoms with Crippen LogP contribution in [0.15, 0.2) is 12.3 Å². The maximum atomic E-state index is 12.5. The first-order chi connectivity index (χ1) is 9.47. The van der Waals surface area contributed by atoms with Crippen LogP contribution in [-0.4, -0.2) is 33.9 Å². The van der Waals surface area contributed by atoms with E-state index >= 15 is 0 Å². The van der Waals surface area contributed by atoms with Crippen LogP contribution in [0.2, 0.25) is 0 Å². The van der Waals surface area contributed by atoms with E-state index in [-0.39, 0.29) is 11.8 Å². The lowest BCUT2D eigenvalue weighted by atomic mass is 9.97. The van der Waals surface area contributed by atoms with E-state index in [0.717, 1.165) is 25.3 Å². The molecule has 110 valence electrons. The van der Waals surface area contributed by atoms with Gasteiger partial charge in [0, 0.05) is 25.2 Å². The van der Waals surface area contributed by atoms with Crippen LogP contribution in [0.3, 0.4) is 0 Å². The van der Waals surface area contributed by atoms with Crippen molar-refractivity contribution in [1.82, 2.24) is 14.9 Å². The molecule has 0 bridgehead atoms. The summed E-state index contributed by atoms with van der Waals surface area (Å²) < 4.78 is 0. The highest BCUT2D eigenvalue weighted by molar-refractivity contribution is 5.92. The van der Waals surface area contributed by atoms with Crippen molar-refractivity contribution in [1.29, 1.82) is 0 Å². The smallest absolute Gasteiger partial charge is 0.272 e. The van der Waals surface area contributed by atoms with Crippen LogP contribution in [-0.2, 0) is 0 Å². The zero-order chi connectivity index (χ0) is 14.7. The molecule has 0 aromatic carbocycles. The van der Waals surface area contributed by atoms with Crippen molar-refractivity contribution in [3.05, 3.63) is 23.8 Å². The highest BCUT2D eigenvalue weighted by Crippen LogP contribution is 2.24. The van der Waals surface area contributed by atoms with Crippen LogP contribution in [0, 0.1) is 11.8 Å². The lowest BCUT2D eigenvalue weighted by molar-refractivity contribution is 0.0779. The minimum absolute atomic E-state index is 0.0561. The molecule has 1 aliphatic heterocycles. The van der Waals surface area contributed by atoms with Crippen LogP contribution in [0.1, 0.15) is 62.8 Å². The molecule has 1 aromatic rings. The Balaban J connectivity index is 2.03. The first-order valence-corrected chi connectivity index (χ1v) is 7.59. The third kappa shape index (κ3) is 3.56. The lowest BCUT2D eigenvalue weighted by Gasteiger charge is -2.17. The molecule has 1 atom stereocenters. The van der Waals surface area contributed by atoms with Crippen molar-refractivity contribution in [3.63, 3.8) is 0 Å². The number of carbonyl (C=O) groups is 1. The predicted octanol–water partition coefficient (Wildman–Crippen LogP) is 3.11. The van der Waals surface area contributed by atoms with Crippen LogP contribution in [0.5, 0.6) is 0 Å². The molecular weight excluding hydrogens is 250 g/mol. The van der Waals surface area contributed by atoms with Gasteiger partial charge in [0.15, 0.2) is 0 Å². The molecule has 0 saturated carbocycles. The first-order valence-electron chi connectivity index (χ1n) is 7.59. The fourth-order valence-corrected chi connectivity index (χ4v) is 2.81. The fraction of sp³-hybridized carbons (Fsp3) is 0.688. The summed E-state index contributed by atoms with van der Waals surface area (Å²) in [6.45, 7) is 10.3. The van der Waals surface area contributed by atoms with Crippen LogP contribution >= 0.6 is 0 Å². The van der Waals surface area contributed by atoms with E-state index in [0.29, 0.717) is 17.5 Å². The molecule has 0 unspecified atom stereocenters. The van der Waals surface area contributed by atoms with Gasteiger partial charge < -0.3 is 4.90 Å². The second kappa shape index (κ2) is 6.33. The molecule has 0 N–H and O–H groups in total. The van der Waals surface area contributed by atoms with E-state index < -0.39 is 0 Å². The summed E-state index contributed by atoms with van der Waals surface area (Å²) in [5.74, 6) is 2.39. The van der Waals surface area contributed by atoms with Crippen molar-refractivity contribution in [2.24, 2.45) is 11.8 Å². The first kappa shape index (κ1) is 14.9. The molecule has 1 saturated heterocycles. The van der Waals surface area contributed by atoms with E-state index in [9.17, 15) is 4.79 Å². The van der Waals surface area contributed by atoms with Gasteiger partial charge in [-0.3, -0.25) is 4.79 Å². The Bertz CT molecular complexity index is 471. The average Bonchev–Trinajstić information content (AvgIpc) is 2.85. The summed E-state index contributed by atoms with van der Waals surface area (Å²) in [7, 11) is 0. The van der Waals surface area contributed by atoms with E-state index in [1.807, 2.05) is 18.7 Å². The lowest BCUT2D eigenvalue weighted by Crippen LogP contribution is -2.30. The summed E-state index contributed by atoms with van der Waals surface area (Å²) in [5, 5.41) is 0. The minimum atomic E-state index is 0.0561. The topological polar surface area (TPSA) is 46.1 Å². The molecule has 20 heavy (non-hydrogen) atoms. The molecular formula is C16H25N3O. The average molecular weight is 275 g/mol. The zero-order valence-corrected chi connectivity index (χ0v) is 13.0. The van der Waals surface area contributed by atoms with Gasteiger partial charge in [0.2, 0.25) is 0 Å². The third-order valence-electron chi connectivity index (χ3n) is 3.79. The molecule has 4 heteroatoms. The van der Waals surface area contributed by atoms with Gasteiger partial charge in [-0.05, 0) is 30.7 Å². The van der Waals surface area contributed by atoms with E-state index in [1.54, 1.807) is 12.3 Å². The molecule has 1 aromatic heterocycles. The normalized spacial score (nSPS) is 19.1. The number of amides is 1. The number of likely N-dealkylation sites (tertiary alicyclic amines) is 1. The number of hydrogen-bond acceptors (Lipinski definition) is 3. The van der Waals surface area contributed by atoms with Crippen molar-refractivity contribution >= 4 is 5.91 Å².